The van der Waals surface area contributed by atoms with Crippen LogP contribution in [0.4, 0.5) is 0 Å². The molecule has 0 aliphatic carbocycles. The second-order valence-corrected chi connectivity index (χ2v) is 11.1. The highest BCUT2D eigenvalue weighted by atomic mass is 16.5. The molecule has 0 aromatic heterocycles. The SMILES string of the molecule is CCCCCCOC(=O)CCCCCCCCCCCCCCC(C)C(C)C(=O)OCCCCCC. The topological polar surface area (TPSA) is 52.6 Å². The average Bonchev–Trinajstić information content (AvgIpc) is 2.87. The molecular weight excluding hydrogens is 448 g/mol. The summed E-state index contributed by atoms with van der Waals surface area (Å²) in [4.78, 5) is 23.9. The zero-order valence-corrected chi connectivity index (χ0v) is 24.8. The van der Waals surface area contributed by atoms with Crippen LogP contribution in [0.2, 0.25) is 0 Å². The van der Waals surface area contributed by atoms with Crippen molar-refractivity contribution in [3.05, 3.63) is 0 Å². The fraction of sp³-hybridized carbons (Fsp3) is 0.938. The zero-order valence-electron chi connectivity index (χ0n) is 24.8. The molecule has 4 heteroatoms. The minimum absolute atomic E-state index is 0.00494. The molecule has 0 bridgehead atoms. The van der Waals surface area contributed by atoms with Gasteiger partial charge in [-0.05, 0) is 31.6 Å². The number of hydrogen-bond acceptors (Lipinski definition) is 4. The Morgan fingerprint density at radius 2 is 0.944 bits per heavy atom. The molecule has 214 valence electrons. The summed E-state index contributed by atoms with van der Waals surface area (Å²) in [6, 6.07) is 0. The van der Waals surface area contributed by atoms with Gasteiger partial charge in [-0.25, -0.2) is 0 Å². The van der Waals surface area contributed by atoms with Crippen molar-refractivity contribution < 1.29 is 19.1 Å². The van der Waals surface area contributed by atoms with E-state index in [2.05, 4.69) is 20.8 Å². The highest BCUT2D eigenvalue weighted by Gasteiger charge is 2.21. The van der Waals surface area contributed by atoms with Gasteiger partial charge in [0.1, 0.15) is 0 Å². The van der Waals surface area contributed by atoms with Gasteiger partial charge in [-0.15, -0.1) is 0 Å². The molecule has 0 radical (unpaired) electrons. The first-order valence-corrected chi connectivity index (χ1v) is 15.8. The molecule has 0 heterocycles. The van der Waals surface area contributed by atoms with Crippen molar-refractivity contribution in [2.75, 3.05) is 13.2 Å². The Labute approximate surface area is 225 Å². The molecule has 0 aromatic carbocycles. The van der Waals surface area contributed by atoms with Gasteiger partial charge in [0.2, 0.25) is 0 Å². The molecule has 0 N–H and O–H groups in total. The van der Waals surface area contributed by atoms with Crippen LogP contribution < -0.4 is 0 Å². The van der Waals surface area contributed by atoms with E-state index in [4.69, 9.17) is 9.47 Å². The number of rotatable bonds is 27. The number of ether oxygens (including phenoxy) is 2. The van der Waals surface area contributed by atoms with Crippen LogP contribution in [0, 0.1) is 11.8 Å². The van der Waals surface area contributed by atoms with E-state index >= 15 is 0 Å². The molecular formula is C32H62O4. The first kappa shape index (κ1) is 34.9. The maximum Gasteiger partial charge on any atom is 0.308 e. The van der Waals surface area contributed by atoms with E-state index in [-0.39, 0.29) is 17.9 Å². The molecule has 2 unspecified atom stereocenters. The molecule has 0 aliphatic rings. The number of unbranched alkanes of at least 4 members (excludes halogenated alkanes) is 17. The van der Waals surface area contributed by atoms with Crippen LogP contribution in [0.25, 0.3) is 0 Å². The molecule has 4 nitrogen and oxygen atoms in total. The van der Waals surface area contributed by atoms with Gasteiger partial charge < -0.3 is 9.47 Å². The maximum atomic E-state index is 12.2. The van der Waals surface area contributed by atoms with Gasteiger partial charge >= 0.3 is 11.9 Å². The number of carbonyl (C=O) groups excluding carboxylic acids is 2. The van der Waals surface area contributed by atoms with Gasteiger partial charge in [-0.1, -0.05) is 137 Å². The minimum atomic E-state index is -0.00820. The van der Waals surface area contributed by atoms with E-state index in [1.165, 1.54) is 96.3 Å². The Morgan fingerprint density at radius 3 is 1.44 bits per heavy atom. The van der Waals surface area contributed by atoms with Gasteiger partial charge in [0.05, 0.1) is 19.1 Å². The molecule has 0 spiro atoms. The van der Waals surface area contributed by atoms with Crippen LogP contribution in [-0.4, -0.2) is 25.2 Å². The highest BCUT2D eigenvalue weighted by Crippen LogP contribution is 2.21. The van der Waals surface area contributed by atoms with Crippen LogP contribution in [0.15, 0.2) is 0 Å². The number of carbonyl (C=O) groups is 2. The lowest BCUT2D eigenvalue weighted by Gasteiger charge is -2.18. The smallest absolute Gasteiger partial charge is 0.308 e. The number of hydrogen-bond donors (Lipinski definition) is 0. The van der Waals surface area contributed by atoms with Crippen molar-refractivity contribution in [1.82, 2.24) is 0 Å². The lowest BCUT2D eigenvalue weighted by atomic mass is 9.90. The maximum absolute atomic E-state index is 12.2. The third-order valence-electron chi connectivity index (χ3n) is 7.52. The normalized spacial score (nSPS) is 12.9. The Balaban J connectivity index is 3.39. The third-order valence-corrected chi connectivity index (χ3v) is 7.52. The predicted molar refractivity (Wildman–Crippen MR) is 153 cm³/mol. The quantitative estimate of drug-likeness (QED) is 0.0814. The molecule has 0 aliphatic heterocycles. The molecule has 0 fully saturated rings. The van der Waals surface area contributed by atoms with Crippen molar-refractivity contribution in [2.24, 2.45) is 11.8 Å². The summed E-state index contributed by atoms with van der Waals surface area (Å²) in [5, 5.41) is 0. The van der Waals surface area contributed by atoms with Crippen molar-refractivity contribution >= 4 is 11.9 Å². The van der Waals surface area contributed by atoms with Crippen molar-refractivity contribution in [3.8, 4) is 0 Å². The lowest BCUT2D eigenvalue weighted by Crippen LogP contribution is -2.22. The van der Waals surface area contributed by atoms with E-state index in [9.17, 15) is 9.59 Å². The summed E-state index contributed by atoms with van der Waals surface area (Å²) < 4.78 is 10.8. The highest BCUT2D eigenvalue weighted by molar-refractivity contribution is 5.72. The average molecular weight is 511 g/mol. The zero-order chi connectivity index (χ0) is 26.7. The molecule has 2 atom stereocenters. The predicted octanol–water partition coefficient (Wildman–Crippen LogP) is 9.97. The molecule has 0 amide bonds. The monoisotopic (exact) mass is 510 g/mol. The van der Waals surface area contributed by atoms with Crippen molar-refractivity contribution in [3.63, 3.8) is 0 Å². The van der Waals surface area contributed by atoms with Crippen LogP contribution in [-0.2, 0) is 19.1 Å². The van der Waals surface area contributed by atoms with E-state index in [1.807, 2.05) is 6.92 Å². The van der Waals surface area contributed by atoms with Gasteiger partial charge in [-0.3, -0.25) is 9.59 Å². The van der Waals surface area contributed by atoms with E-state index < -0.39 is 0 Å². The Bertz CT molecular complexity index is 491. The Kier molecular flexibility index (Phi) is 26.2. The second kappa shape index (κ2) is 27.0. The molecule has 0 aromatic rings. The fourth-order valence-corrected chi connectivity index (χ4v) is 4.61. The van der Waals surface area contributed by atoms with Crippen molar-refractivity contribution in [1.29, 1.82) is 0 Å². The van der Waals surface area contributed by atoms with Gasteiger partial charge in [-0.2, -0.15) is 0 Å². The Hall–Kier alpha value is -1.06. The lowest BCUT2D eigenvalue weighted by molar-refractivity contribution is -0.150. The van der Waals surface area contributed by atoms with Crippen LogP contribution in [0.5, 0.6) is 0 Å². The van der Waals surface area contributed by atoms with Crippen molar-refractivity contribution in [2.45, 2.75) is 169 Å². The molecule has 0 rings (SSSR count). The van der Waals surface area contributed by atoms with Gasteiger partial charge in [0, 0.05) is 6.42 Å². The fourth-order valence-electron chi connectivity index (χ4n) is 4.61. The number of esters is 2. The van der Waals surface area contributed by atoms with E-state index in [1.54, 1.807) is 0 Å². The second-order valence-electron chi connectivity index (χ2n) is 11.1. The van der Waals surface area contributed by atoms with E-state index in [0.29, 0.717) is 25.6 Å². The summed E-state index contributed by atoms with van der Waals surface area (Å²) in [7, 11) is 0. The summed E-state index contributed by atoms with van der Waals surface area (Å²) in [5.74, 6) is 0.417. The summed E-state index contributed by atoms with van der Waals surface area (Å²) >= 11 is 0. The van der Waals surface area contributed by atoms with Crippen LogP contribution >= 0.6 is 0 Å². The largest absolute Gasteiger partial charge is 0.466 e. The third kappa shape index (κ3) is 23.3. The summed E-state index contributed by atoms with van der Waals surface area (Å²) in [6.45, 7) is 9.81. The molecule has 36 heavy (non-hydrogen) atoms. The van der Waals surface area contributed by atoms with Crippen LogP contribution in [0.1, 0.15) is 169 Å². The standard InChI is InChI=1S/C32H62O4/c1-5-7-9-23-27-35-31(33)26-22-20-18-16-14-12-11-13-15-17-19-21-25-29(3)30(4)32(34)36-28-24-10-8-6-2/h29-30H,5-28H2,1-4H3. The van der Waals surface area contributed by atoms with Gasteiger partial charge in [0.15, 0.2) is 0 Å². The minimum Gasteiger partial charge on any atom is -0.466 e. The summed E-state index contributed by atoms with van der Waals surface area (Å²) in [5.41, 5.74) is 0. The first-order chi connectivity index (χ1) is 17.5. The Morgan fingerprint density at radius 1 is 0.528 bits per heavy atom. The molecule has 0 saturated heterocycles. The van der Waals surface area contributed by atoms with Crippen LogP contribution in [0.3, 0.4) is 0 Å². The summed E-state index contributed by atoms with van der Waals surface area (Å²) in [6.07, 6.45) is 26.1. The molecule has 0 saturated carbocycles. The first-order valence-electron chi connectivity index (χ1n) is 15.8. The van der Waals surface area contributed by atoms with Gasteiger partial charge in [0.25, 0.3) is 0 Å². The van der Waals surface area contributed by atoms with E-state index in [0.717, 1.165) is 38.5 Å².